The SMILES string of the molecule is NC(=O)CSSSCC(N)=O. The molecule has 0 saturated carbocycles. The Hall–Kier alpha value is -0.0100. The summed E-state index contributed by atoms with van der Waals surface area (Å²) in [5, 5.41) is 0. The molecule has 0 rings (SSSR count). The van der Waals surface area contributed by atoms with Crippen LogP contribution in [0.15, 0.2) is 0 Å². The van der Waals surface area contributed by atoms with Crippen molar-refractivity contribution in [1.29, 1.82) is 0 Å². The molecule has 4 nitrogen and oxygen atoms in total. The van der Waals surface area contributed by atoms with E-state index >= 15 is 0 Å². The molecule has 0 unspecified atom stereocenters. The lowest BCUT2D eigenvalue weighted by Crippen LogP contribution is -2.13. The number of hydrogen-bond donors (Lipinski definition) is 2. The van der Waals surface area contributed by atoms with Crippen LogP contribution in [0.1, 0.15) is 0 Å². The van der Waals surface area contributed by atoms with Crippen molar-refractivity contribution in [3.05, 3.63) is 0 Å². The normalized spacial score (nSPS) is 9.45. The van der Waals surface area contributed by atoms with Gasteiger partial charge in [0.1, 0.15) is 0 Å². The van der Waals surface area contributed by atoms with E-state index in [0.717, 1.165) is 0 Å². The number of carbonyl (C=O) groups is 2. The molecule has 0 aliphatic rings. The molecule has 2 amide bonds. The molecule has 0 spiro atoms. The second-order valence-electron chi connectivity index (χ2n) is 1.53. The van der Waals surface area contributed by atoms with Crippen LogP contribution in [-0.2, 0) is 9.59 Å². The second-order valence-corrected chi connectivity index (χ2v) is 5.76. The third kappa shape index (κ3) is 9.99. The van der Waals surface area contributed by atoms with Gasteiger partial charge < -0.3 is 11.5 Å². The number of rotatable bonds is 6. The Bertz CT molecular complexity index is 136. The zero-order valence-corrected chi connectivity index (χ0v) is 8.06. The lowest BCUT2D eigenvalue weighted by molar-refractivity contribution is -0.116. The monoisotopic (exact) mass is 212 g/mol. The fourth-order valence-corrected chi connectivity index (χ4v) is 3.26. The summed E-state index contributed by atoms with van der Waals surface area (Å²) in [5.74, 6) is -0.198. The molecule has 0 aromatic rings. The molecule has 0 atom stereocenters. The average Bonchev–Trinajstić information content (AvgIpc) is 1.85. The summed E-state index contributed by atoms with van der Waals surface area (Å²) < 4.78 is 0. The minimum atomic E-state index is -0.359. The van der Waals surface area contributed by atoms with E-state index < -0.39 is 0 Å². The van der Waals surface area contributed by atoms with E-state index in [1.54, 1.807) is 0 Å². The topological polar surface area (TPSA) is 86.2 Å². The molecule has 64 valence electrons. The van der Waals surface area contributed by atoms with Crippen molar-refractivity contribution in [3.8, 4) is 0 Å². The minimum Gasteiger partial charge on any atom is -0.369 e. The predicted molar refractivity (Wildman–Crippen MR) is 50.9 cm³/mol. The van der Waals surface area contributed by atoms with Crippen LogP contribution < -0.4 is 11.5 Å². The van der Waals surface area contributed by atoms with Crippen LogP contribution in [0.5, 0.6) is 0 Å². The molecule has 11 heavy (non-hydrogen) atoms. The fourth-order valence-electron chi connectivity index (χ4n) is 0.198. The predicted octanol–water partition coefficient (Wildman–Crippen LogP) is -0.0134. The fraction of sp³-hybridized carbons (Fsp3) is 0.500. The van der Waals surface area contributed by atoms with Crippen LogP contribution >= 0.6 is 31.4 Å². The van der Waals surface area contributed by atoms with Gasteiger partial charge in [-0.05, 0) is 9.83 Å². The van der Waals surface area contributed by atoms with Gasteiger partial charge >= 0.3 is 0 Å². The molecule has 0 radical (unpaired) electrons. The Labute approximate surface area is 76.0 Å². The van der Waals surface area contributed by atoms with Gasteiger partial charge in [0.2, 0.25) is 11.8 Å². The van der Waals surface area contributed by atoms with Crippen molar-refractivity contribution in [3.63, 3.8) is 0 Å². The number of carbonyl (C=O) groups excluding carboxylic acids is 2. The van der Waals surface area contributed by atoms with Crippen LogP contribution in [0.2, 0.25) is 0 Å². The molecular formula is C4H8N2O2S3. The Balaban J connectivity index is 3.03. The van der Waals surface area contributed by atoms with E-state index in [1.165, 1.54) is 31.4 Å². The van der Waals surface area contributed by atoms with Crippen molar-refractivity contribution in [2.45, 2.75) is 0 Å². The summed E-state index contributed by atoms with van der Waals surface area (Å²) in [5.41, 5.74) is 9.72. The maximum Gasteiger partial charge on any atom is 0.228 e. The minimum absolute atomic E-state index is 0.260. The van der Waals surface area contributed by atoms with Gasteiger partial charge in [-0.3, -0.25) is 9.59 Å². The highest BCUT2D eigenvalue weighted by molar-refractivity contribution is 9.09. The van der Waals surface area contributed by atoms with Gasteiger partial charge in [-0.2, -0.15) is 0 Å². The molecule has 0 fully saturated rings. The second kappa shape index (κ2) is 6.68. The molecular weight excluding hydrogens is 204 g/mol. The summed E-state index contributed by atoms with van der Waals surface area (Å²) in [6.07, 6.45) is 0. The molecule has 0 saturated heterocycles. The van der Waals surface area contributed by atoms with Crippen molar-refractivity contribution in [2.24, 2.45) is 11.5 Å². The van der Waals surface area contributed by atoms with Gasteiger partial charge in [-0.1, -0.05) is 21.6 Å². The van der Waals surface area contributed by atoms with E-state index in [0.29, 0.717) is 0 Å². The molecule has 0 aromatic heterocycles. The molecule has 7 heteroatoms. The van der Waals surface area contributed by atoms with Gasteiger partial charge in [-0.25, -0.2) is 0 Å². The summed E-state index contributed by atoms with van der Waals surface area (Å²) in [6.45, 7) is 0. The highest BCUT2D eigenvalue weighted by Crippen LogP contribution is 2.33. The average molecular weight is 212 g/mol. The summed E-state index contributed by atoms with van der Waals surface area (Å²) >= 11 is 0. The number of primary amides is 2. The van der Waals surface area contributed by atoms with Crippen molar-refractivity contribution >= 4 is 43.2 Å². The van der Waals surface area contributed by atoms with Crippen LogP contribution in [0.25, 0.3) is 0 Å². The molecule has 0 aromatic carbocycles. The zero-order valence-electron chi connectivity index (χ0n) is 5.61. The molecule has 0 aliphatic carbocycles. The zero-order chi connectivity index (χ0) is 8.69. The molecule has 0 heterocycles. The Morgan fingerprint density at radius 2 is 1.36 bits per heavy atom. The first-order chi connectivity index (χ1) is 5.13. The van der Waals surface area contributed by atoms with E-state index in [2.05, 4.69) is 0 Å². The first-order valence-corrected chi connectivity index (χ1v) is 6.42. The van der Waals surface area contributed by atoms with Gasteiger partial charge in [0, 0.05) is 0 Å². The maximum atomic E-state index is 10.2. The number of hydrogen-bond acceptors (Lipinski definition) is 5. The van der Waals surface area contributed by atoms with Crippen LogP contribution in [0, 0.1) is 0 Å². The highest BCUT2D eigenvalue weighted by Gasteiger charge is 1.97. The van der Waals surface area contributed by atoms with Crippen molar-refractivity contribution in [1.82, 2.24) is 0 Å². The largest absolute Gasteiger partial charge is 0.369 e. The molecule has 4 N–H and O–H groups in total. The summed E-state index contributed by atoms with van der Waals surface area (Å²) in [7, 11) is 3.94. The van der Waals surface area contributed by atoms with E-state index in [1.807, 2.05) is 0 Å². The quantitative estimate of drug-likeness (QED) is 0.477. The Morgan fingerprint density at radius 3 is 1.64 bits per heavy atom. The Morgan fingerprint density at radius 1 is 1.00 bits per heavy atom. The van der Waals surface area contributed by atoms with E-state index in [-0.39, 0.29) is 23.3 Å². The first kappa shape index (κ1) is 11.0. The van der Waals surface area contributed by atoms with Gasteiger partial charge in [0.05, 0.1) is 11.5 Å². The van der Waals surface area contributed by atoms with E-state index in [9.17, 15) is 9.59 Å². The Kier molecular flexibility index (Phi) is 6.68. The third-order valence-electron chi connectivity index (χ3n) is 0.499. The third-order valence-corrected chi connectivity index (χ3v) is 4.51. The van der Waals surface area contributed by atoms with Gasteiger partial charge in [0.25, 0.3) is 0 Å². The van der Waals surface area contributed by atoms with Crippen LogP contribution in [0.4, 0.5) is 0 Å². The highest BCUT2D eigenvalue weighted by atomic mass is 33.5. The lowest BCUT2D eigenvalue weighted by atomic mass is 10.8. The number of amides is 2. The van der Waals surface area contributed by atoms with Crippen LogP contribution in [0.3, 0.4) is 0 Å². The van der Waals surface area contributed by atoms with Crippen molar-refractivity contribution in [2.75, 3.05) is 11.5 Å². The van der Waals surface area contributed by atoms with Crippen LogP contribution in [-0.4, -0.2) is 23.3 Å². The maximum absolute atomic E-state index is 10.2. The molecule has 0 bridgehead atoms. The van der Waals surface area contributed by atoms with E-state index in [4.69, 9.17) is 11.5 Å². The molecule has 0 aliphatic heterocycles. The lowest BCUT2D eigenvalue weighted by Gasteiger charge is -1.94. The summed E-state index contributed by atoms with van der Waals surface area (Å²) in [6, 6.07) is 0. The standard InChI is InChI=1S/C4H8N2O2S3/c5-3(7)1-9-11-10-2-4(6)8/h1-2H2,(H2,5,7)(H2,6,8). The first-order valence-electron chi connectivity index (χ1n) is 2.60. The van der Waals surface area contributed by atoms with Crippen molar-refractivity contribution < 1.29 is 9.59 Å². The van der Waals surface area contributed by atoms with Gasteiger partial charge in [-0.15, -0.1) is 0 Å². The smallest absolute Gasteiger partial charge is 0.228 e. The number of nitrogens with two attached hydrogens (primary N) is 2. The van der Waals surface area contributed by atoms with Gasteiger partial charge in [0.15, 0.2) is 0 Å². The summed E-state index contributed by atoms with van der Waals surface area (Å²) in [4.78, 5) is 20.4.